The molecule has 2 aromatic rings. The summed E-state index contributed by atoms with van der Waals surface area (Å²) in [6, 6.07) is 2.24. The smallest absolute Gasteiger partial charge is 0.481 e. The summed E-state index contributed by atoms with van der Waals surface area (Å²) in [5.41, 5.74) is 1.02. The number of amides is 3. The van der Waals surface area contributed by atoms with E-state index in [1.807, 2.05) is 39.6 Å². The highest BCUT2D eigenvalue weighted by atomic mass is 32.1. The molecule has 3 rings (SSSR count). The first-order chi connectivity index (χ1) is 28.0. The molecule has 0 radical (unpaired) electrons. The van der Waals surface area contributed by atoms with Gasteiger partial charge in [-0.25, -0.2) is 14.3 Å². The van der Waals surface area contributed by atoms with Gasteiger partial charge in [-0.05, 0) is 75.2 Å². The fourth-order valence-corrected chi connectivity index (χ4v) is 8.25. The fourth-order valence-electron chi connectivity index (χ4n) is 7.18. The van der Waals surface area contributed by atoms with Crippen molar-refractivity contribution in [1.29, 1.82) is 0 Å². The molecular weight excluding hydrogens is 822 g/mol. The summed E-state index contributed by atoms with van der Waals surface area (Å²) in [7, 11) is -1.54. The number of benzene rings is 1. The van der Waals surface area contributed by atoms with E-state index >= 15 is 0 Å². The molecule has 20 heteroatoms. The van der Waals surface area contributed by atoms with Crippen LogP contribution in [0.4, 0.5) is 4.79 Å². The van der Waals surface area contributed by atoms with Crippen molar-refractivity contribution in [2.24, 2.45) is 17.8 Å². The molecule has 60 heavy (non-hydrogen) atoms. The molecular formula is C40H60N5O13PS. The van der Waals surface area contributed by atoms with Gasteiger partial charge in [0.1, 0.15) is 22.5 Å². The maximum atomic E-state index is 14.2. The summed E-state index contributed by atoms with van der Waals surface area (Å²) in [4.78, 5) is 103. The average molecular weight is 882 g/mol. The summed E-state index contributed by atoms with van der Waals surface area (Å²) in [6.45, 7) is 12.9. The van der Waals surface area contributed by atoms with Crippen molar-refractivity contribution in [3.8, 4) is 5.75 Å². The minimum absolute atomic E-state index is 0.00128. The van der Waals surface area contributed by atoms with E-state index < -0.39 is 62.0 Å². The van der Waals surface area contributed by atoms with Crippen molar-refractivity contribution < 1.29 is 62.2 Å². The first kappa shape index (κ1) is 49.9. The number of nitrogens with zero attached hydrogens (tertiary/aromatic N) is 3. The summed E-state index contributed by atoms with van der Waals surface area (Å²) < 4.78 is 25.5. The highest BCUT2D eigenvalue weighted by Gasteiger charge is 2.37. The number of carboxylic acids is 1. The van der Waals surface area contributed by atoms with Gasteiger partial charge >= 0.3 is 25.9 Å². The van der Waals surface area contributed by atoms with Crippen LogP contribution < -0.4 is 15.4 Å². The normalized spacial score (nSPS) is 17.6. The van der Waals surface area contributed by atoms with E-state index in [9.17, 15) is 38.4 Å². The summed E-state index contributed by atoms with van der Waals surface area (Å²) in [5.74, 6) is -3.89. The van der Waals surface area contributed by atoms with E-state index in [-0.39, 0.29) is 60.4 Å². The molecule has 0 aliphatic carbocycles. The van der Waals surface area contributed by atoms with Gasteiger partial charge in [0.25, 0.3) is 5.91 Å². The summed E-state index contributed by atoms with van der Waals surface area (Å²) in [5, 5.41) is 17.4. The number of carboxylic acid groups (broad SMARTS) is 1. The number of phosphoric ester groups is 1. The maximum absolute atomic E-state index is 14.2. The molecule has 7 atom stereocenters. The molecule has 0 spiro atoms. The van der Waals surface area contributed by atoms with Crippen molar-refractivity contribution in [2.75, 3.05) is 20.6 Å². The van der Waals surface area contributed by atoms with Crippen LogP contribution in [0.1, 0.15) is 113 Å². The Morgan fingerprint density at radius 1 is 1.07 bits per heavy atom. The van der Waals surface area contributed by atoms with E-state index in [1.54, 1.807) is 31.0 Å². The molecule has 1 unspecified atom stereocenters. The number of carbonyl (C=O) groups excluding carboxylic acids is 5. The number of likely N-dealkylation sites (tertiary alicyclic amines) is 1. The first-order valence-corrected chi connectivity index (χ1v) is 22.4. The molecule has 3 amide bonds. The lowest BCUT2D eigenvalue weighted by molar-refractivity contribution is -0.149. The van der Waals surface area contributed by atoms with Crippen LogP contribution >= 0.6 is 19.2 Å². The van der Waals surface area contributed by atoms with E-state index in [2.05, 4.69) is 20.1 Å². The molecule has 1 aromatic carbocycles. The van der Waals surface area contributed by atoms with Gasteiger partial charge < -0.3 is 34.6 Å². The standard InChI is InChI=1S/C40H60N5O13PS/c1-10-23(4)34(43-36(48)30-13-11-12-16-44(30)8)38(49)45(9)31(22(2)3)20-33(56-26(7)46)37-42-29(21-60-37)35(47)41-28(18-25(6)39(50)51)19-27-14-15-32(24(5)17-27)57-40(52)58-59(53,54)55/h14-15,17,21-23,25,28,30-31,33-34H,10-13,16,18-20H2,1-9H3,(H,41,47)(H,43,48)(H,50,51)(H2,53,54,55)/t23-,25?,28+,30+,31+,33+,34-/m0/s1. The number of nitrogens with one attached hydrogen (secondary N) is 2. The first-order valence-electron chi connectivity index (χ1n) is 20.0. The Labute approximate surface area is 355 Å². The van der Waals surface area contributed by atoms with Gasteiger partial charge in [0.15, 0.2) is 6.10 Å². The molecule has 5 N–H and O–H groups in total. The second-order valence-electron chi connectivity index (χ2n) is 15.9. The topological polar surface area (TPSA) is 251 Å². The van der Waals surface area contributed by atoms with Gasteiger partial charge in [-0.3, -0.25) is 38.7 Å². The summed E-state index contributed by atoms with van der Waals surface area (Å²) in [6.07, 6.45) is 1.10. The number of phosphoric acid groups is 1. The highest BCUT2D eigenvalue weighted by Crippen LogP contribution is 2.37. The number of aliphatic carboxylic acids is 1. The second kappa shape index (κ2) is 22.4. The maximum Gasteiger partial charge on any atom is 0.529 e. The number of aryl methyl sites for hydroxylation is 1. The van der Waals surface area contributed by atoms with Crippen LogP contribution in [0.15, 0.2) is 23.6 Å². The minimum atomic E-state index is -5.13. The lowest BCUT2D eigenvalue weighted by Gasteiger charge is -2.38. The Kier molecular flexibility index (Phi) is 18.7. The number of hydrogen-bond donors (Lipinski definition) is 5. The monoisotopic (exact) mass is 881 g/mol. The highest BCUT2D eigenvalue weighted by molar-refractivity contribution is 7.46. The Bertz CT molecular complexity index is 1890. The van der Waals surface area contributed by atoms with Crippen molar-refractivity contribution >= 4 is 55.0 Å². The third kappa shape index (κ3) is 14.9. The molecule has 2 heterocycles. The second-order valence-corrected chi connectivity index (χ2v) is 18.0. The van der Waals surface area contributed by atoms with Gasteiger partial charge in [0.2, 0.25) is 11.8 Å². The average Bonchev–Trinajstić information content (AvgIpc) is 3.65. The molecule has 1 aliphatic rings. The number of ether oxygens (including phenoxy) is 2. The van der Waals surface area contributed by atoms with Gasteiger partial charge in [-0.2, -0.15) is 0 Å². The SMILES string of the molecule is CC[C@H](C)[C@H](NC(=O)[C@H]1CCCCN1C)C(=O)N(C)[C@H](C[C@@H](OC(C)=O)c1nc(C(=O)N[C@@H](Cc2ccc(OC(=O)OP(=O)(O)O)c(C)c2)CC(C)C(=O)O)cs1)C(C)C. The van der Waals surface area contributed by atoms with Gasteiger partial charge in [0.05, 0.1) is 12.0 Å². The van der Waals surface area contributed by atoms with Crippen molar-refractivity contribution in [2.45, 2.75) is 124 Å². The number of thiazole rings is 1. The summed E-state index contributed by atoms with van der Waals surface area (Å²) >= 11 is 1.09. The van der Waals surface area contributed by atoms with E-state index in [0.29, 0.717) is 29.0 Å². The van der Waals surface area contributed by atoms with Crippen molar-refractivity contribution in [3.63, 3.8) is 0 Å². The molecule has 1 saturated heterocycles. The van der Waals surface area contributed by atoms with E-state index in [4.69, 9.17) is 19.3 Å². The Balaban J connectivity index is 1.82. The third-order valence-electron chi connectivity index (χ3n) is 10.8. The van der Waals surface area contributed by atoms with Crippen LogP contribution in [-0.2, 0) is 39.4 Å². The molecule has 1 aliphatic heterocycles. The van der Waals surface area contributed by atoms with Crippen molar-refractivity contribution in [1.82, 2.24) is 25.4 Å². The number of carbonyl (C=O) groups is 6. The lowest BCUT2D eigenvalue weighted by atomic mass is 9.92. The number of hydrogen-bond acceptors (Lipinski definition) is 13. The number of likely N-dealkylation sites (N-methyl/N-ethyl adjacent to an activating group) is 2. The van der Waals surface area contributed by atoms with Crippen molar-refractivity contribution in [3.05, 3.63) is 45.4 Å². The van der Waals surface area contributed by atoms with E-state index in [1.165, 1.54) is 25.3 Å². The fraction of sp³-hybridized carbons (Fsp3) is 0.625. The molecule has 1 aromatic heterocycles. The van der Waals surface area contributed by atoms with Crippen LogP contribution in [0.5, 0.6) is 5.75 Å². The largest absolute Gasteiger partial charge is 0.529 e. The van der Waals surface area contributed by atoms with Crippen LogP contribution in [0.3, 0.4) is 0 Å². The Morgan fingerprint density at radius 3 is 2.32 bits per heavy atom. The quantitative estimate of drug-likeness (QED) is 0.0667. The number of aromatic nitrogens is 1. The molecule has 334 valence electrons. The molecule has 1 fully saturated rings. The number of esters is 1. The predicted molar refractivity (Wildman–Crippen MR) is 221 cm³/mol. The zero-order valence-electron chi connectivity index (χ0n) is 35.7. The Hall–Kier alpha value is -4.42. The molecule has 18 nitrogen and oxygen atoms in total. The Morgan fingerprint density at radius 2 is 1.75 bits per heavy atom. The predicted octanol–water partition coefficient (Wildman–Crippen LogP) is 5.00. The number of piperidine rings is 1. The van der Waals surface area contributed by atoms with Gasteiger partial charge in [-0.1, -0.05) is 59.6 Å². The molecule has 0 bridgehead atoms. The zero-order chi connectivity index (χ0) is 45.1. The third-order valence-corrected chi connectivity index (χ3v) is 12.1. The van der Waals surface area contributed by atoms with Crippen LogP contribution in [-0.4, -0.2) is 110 Å². The van der Waals surface area contributed by atoms with Crippen LogP contribution in [0.25, 0.3) is 0 Å². The number of rotatable bonds is 20. The van der Waals surface area contributed by atoms with Crippen LogP contribution in [0, 0.1) is 24.7 Å². The zero-order valence-corrected chi connectivity index (χ0v) is 37.4. The van der Waals surface area contributed by atoms with E-state index in [0.717, 1.165) is 30.7 Å². The van der Waals surface area contributed by atoms with Gasteiger partial charge in [0, 0.05) is 37.9 Å². The minimum Gasteiger partial charge on any atom is -0.481 e. The molecule has 0 saturated carbocycles. The van der Waals surface area contributed by atoms with Crippen LogP contribution in [0.2, 0.25) is 0 Å². The lowest BCUT2D eigenvalue weighted by Crippen LogP contribution is -2.58. The van der Waals surface area contributed by atoms with Gasteiger partial charge in [-0.15, -0.1) is 11.3 Å².